The topological polar surface area (TPSA) is 32.3 Å². The number of amides is 1. The zero-order chi connectivity index (χ0) is 13.2. The van der Waals surface area contributed by atoms with Crippen LogP contribution in [0.5, 0.6) is 0 Å². The predicted molar refractivity (Wildman–Crippen MR) is 83.2 cm³/mol. The number of rotatable bonds is 5. The van der Waals surface area contributed by atoms with E-state index in [1.807, 2.05) is 7.05 Å². The lowest BCUT2D eigenvalue weighted by Gasteiger charge is -2.30. The van der Waals surface area contributed by atoms with Crippen LogP contribution in [0.15, 0.2) is 24.3 Å². The molecule has 0 saturated heterocycles. The zero-order valence-corrected chi connectivity index (χ0v) is 12.8. The summed E-state index contributed by atoms with van der Waals surface area (Å²) in [7, 11) is 1.90. The number of benzene rings is 1. The summed E-state index contributed by atoms with van der Waals surface area (Å²) in [4.78, 5) is 14.7. The van der Waals surface area contributed by atoms with E-state index in [1.165, 1.54) is 24.0 Å². The third kappa shape index (κ3) is 2.99. The smallest absolute Gasteiger partial charge is 0.224 e. The van der Waals surface area contributed by atoms with Crippen molar-refractivity contribution in [2.75, 3.05) is 13.6 Å². The maximum absolute atomic E-state index is 12.5. The van der Waals surface area contributed by atoms with Crippen LogP contribution in [0, 0.1) is 0 Å². The van der Waals surface area contributed by atoms with Crippen molar-refractivity contribution >= 4 is 18.3 Å². The van der Waals surface area contributed by atoms with Crippen LogP contribution in [0.2, 0.25) is 0 Å². The van der Waals surface area contributed by atoms with Gasteiger partial charge >= 0.3 is 0 Å². The quantitative estimate of drug-likeness (QED) is 0.905. The number of hydrogen-bond acceptors (Lipinski definition) is 2. The summed E-state index contributed by atoms with van der Waals surface area (Å²) < 4.78 is 0. The van der Waals surface area contributed by atoms with E-state index in [4.69, 9.17) is 0 Å². The number of nitrogens with one attached hydrogen (secondary N) is 1. The Labute approximate surface area is 127 Å². The third-order valence-corrected chi connectivity index (χ3v) is 4.25. The molecular weight excluding hydrogens is 272 g/mol. The molecule has 2 aliphatic rings. The van der Waals surface area contributed by atoms with Crippen molar-refractivity contribution in [2.45, 2.75) is 44.2 Å². The van der Waals surface area contributed by atoms with Crippen LogP contribution in [-0.4, -0.2) is 30.4 Å². The van der Waals surface area contributed by atoms with E-state index in [0.717, 1.165) is 19.4 Å². The molecule has 3 nitrogen and oxygen atoms in total. The average molecular weight is 295 g/mol. The molecule has 0 aliphatic heterocycles. The second-order valence-electron chi connectivity index (χ2n) is 5.64. The number of hydrogen-bond donors (Lipinski definition) is 1. The van der Waals surface area contributed by atoms with Crippen molar-refractivity contribution in [3.8, 4) is 0 Å². The standard InChI is InChI=1S/C16H22N2O.ClH/c1-17-11-10-16(19)18(13-7-8-13)15-9-6-12-4-2-3-5-14(12)15;/h2-5,13,15,17H,6-11H2,1H3;1H. The third-order valence-electron chi connectivity index (χ3n) is 4.25. The number of carbonyl (C=O) groups is 1. The minimum absolute atomic E-state index is 0. The minimum atomic E-state index is 0. The maximum atomic E-state index is 12.5. The van der Waals surface area contributed by atoms with Gasteiger partial charge in [-0.05, 0) is 43.9 Å². The maximum Gasteiger partial charge on any atom is 0.224 e. The number of carbonyl (C=O) groups excluding carboxylic acids is 1. The monoisotopic (exact) mass is 294 g/mol. The van der Waals surface area contributed by atoms with E-state index in [2.05, 4.69) is 34.5 Å². The summed E-state index contributed by atoms with van der Waals surface area (Å²) in [6.07, 6.45) is 5.20. The molecule has 0 spiro atoms. The van der Waals surface area contributed by atoms with Gasteiger partial charge in [0, 0.05) is 19.0 Å². The summed E-state index contributed by atoms with van der Waals surface area (Å²) in [6.45, 7) is 0.774. The first-order valence-corrected chi connectivity index (χ1v) is 7.35. The average Bonchev–Trinajstić information content (AvgIpc) is 3.17. The van der Waals surface area contributed by atoms with Gasteiger partial charge in [0.05, 0.1) is 6.04 Å². The van der Waals surface area contributed by atoms with Gasteiger partial charge in [-0.25, -0.2) is 0 Å². The molecule has 2 aliphatic carbocycles. The Hall–Kier alpha value is -1.06. The summed E-state index contributed by atoms with van der Waals surface area (Å²) >= 11 is 0. The molecule has 4 heteroatoms. The molecule has 0 radical (unpaired) electrons. The van der Waals surface area contributed by atoms with Crippen LogP contribution in [0.3, 0.4) is 0 Å². The van der Waals surface area contributed by atoms with Crippen molar-refractivity contribution in [3.63, 3.8) is 0 Å². The number of halogens is 1. The predicted octanol–water partition coefficient (Wildman–Crippen LogP) is 2.70. The van der Waals surface area contributed by atoms with E-state index in [0.29, 0.717) is 24.4 Å². The number of nitrogens with zero attached hydrogens (tertiary/aromatic N) is 1. The summed E-state index contributed by atoms with van der Waals surface area (Å²) in [5.74, 6) is 0.318. The van der Waals surface area contributed by atoms with Crippen molar-refractivity contribution in [2.24, 2.45) is 0 Å². The van der Waals surface area contributed by atoms with Gasteiger partial charge in [-0.1, -0.05) is 24.3 Å². The van der Waals surface area contributed by atoms with Gasteiger partial charge in [0.15, 0.2) is 0 Å². The molecule has 1 saturated carbocycles. The molecule has 1 fully saturated rings. The fourth-order valence-electron chi connectivity index (χ4n) is 3.17. The molecule has 110 valence electrons. The van der Waals surface area contributed by atoms with E-state index in [9.17, 15) is 4.79 Å². The minimum Gasteiger partial charge on any atom is -0.333 e. The van der Waals surface area contributed by atoms with Crippen molar-refractivity contribution in [1.29, 1.82) is 0 Å². The summed E-state index contributed by atoms with van der Waals surface area (Å²) in [6, 6.07) is 9.44. The molecule has 0 heterocycles. The Morgan fingerprint density at radius 3 is 2.75 bits per heavy atom. The molecule has 20 heavy (non-hydrogen) atoms. The summed E-state index contributed by atoms with van der Waals surface area (Å²) in [5, 5.41) is 3.08. The first-order chi connectivity index (χ1) is 9.31. The van der Waals surface area contributed by atoms with E-state index < -0.39 is 0 Å². The molecular formula is C16H23ClN2O. The van der Waals surface area contributed by atoms with Gasteiger partial charge in [0.1, 0.15) is 0 Å². The molecule has 1 N–H and O–H groups in total. The first kappa shape index (κ1) is 15.3. The van der Waals surface area contributed by atoms with Gasteiger partial charge in [0.25, 0.3) is 0 Å². The van der Waals surface area contributed by atoms with Gasteiger partial charge in [-0.2, -0.15) is 0 Å². The van der Waals surface area contributed by atoms with Crippen LogP contribution in [0.25, 0.3) is 0 Å². The molecule has 1 atom stereocenters. The van der Waals surface area contributed by atoms with E-state index in [1.54, 1.807) is 0 Å². The highest BCUT2D eigenvalue weighted by Gasteiger charge is 2.39. The Balaban J connectivity index is 0.00000147. The molecule has 1 amide bonds. The molecule has 0 aromatic heterocycles. The Kier molecular flexibility index (Phi) is 5.06. The largest absolute Gasteiger partial charge is 0.333 e. The van der Waals surface area contributed by atoms with E-state index >= 15 is 0 Å². The first-order valence-electron chi connectivity index (χ1n) is 7.35. The fourth-order valence-corrected chi connectivity index (χ4v) is 3.17. The van der Waals surface area contributed by atoms with E-state index in [-0.39, 0.29) is 12.4 Å². The van der Waals surface area contributed by atoms with Crippen LogP contribution in [-0.2, 0) is 11.2 Å². The molecule has 0 bridgehead atoms. The highest BCUT2D eigenvalue weighted by molar-refractivity contribution is 5.85. The molecule has 1 aromatic rings. The highest BCUT2D eigenvalue weighted by Crippen LogP contribution is 2.41. The highest BCUT2D eigenvalue weighted by atomic mass is 35.5. The lowest BCUT2D eigenvalue weighted by molar-refractivity contribution is -0.134. The normalized spacial score (nSPS) is 20.1. The van der Waals surface area contributed by atoms with Crippen molar-refractivity contribution in [3.05, 3.63) is 35.4 Å². The molecule has 1 unspecified atom stereocenters. The second-order valence-corrected chi connectivity index (χ2v) is 5.64. The number of fused-ring (bicyclic) bond motifs is 1. The Bertz CT molecular complexity index is 473. The van der Waals surface area contributed by atoms with Crippen LogP contribution >= 0.6 is 12.4 Å². The fraction of sp³-hybridized carbons (Fsp3) is 0.562. The molecule has 1 aromatic carbocycles. The second kappa shape index (κ2) is 6.59. The lowest BCUT2D eigenvalue weighted by atomic mass is 10.1. The van der Waals surface area contributed by atoms with Crippen LogP contribution in [0.1, 0.15) is 42.9 Å². The summed E-state index contributed by atoms with van der Waals surface area (Å²) in [5.41, 5.74) is 2.81. The van der Waals surface area contributed by atoms with Crippen LogP contribution in [0.4, 0.5) is 0 Å². The molecule has 3 rings (SSSR count). The van der Waals surface area contributed by atoms with Crippen molar-refractivity contribution in [1.82, 2.24) is 10.2 Å². The van der Waals surface area contributed by atoms with Gasteiger partial charge in [-0.15, -0.1) is 12.4 Å². The zero-order valence-electron chi connectivity index (χ0n) is 12.0. The van der Waals surface area contributed by atoms with Crippen LogP contribution < -0.4 is 5.32 Å². The van der Waals surface area contributed by atoms with Gasteiger partial charge < -0.3 is 10.2 Å². The number of aryl methyl sites for hydroxylation is 1. The van der Waals surface area contributed by atoms with Crippen molar-refractivity contribution < 1.29 is 4.79 Å². The Morgan fingerprint density at radius 2 is 2.05 bits per heavy atom. The lowest BCUT2D eigenvalue weighted by Crippen LogP contribution is -2.37. The van der Waals surface area contributed by atoms with Gasteiger partial charge in [0.2, 0.25) is 5.91 Å². The Morgan fingerprint density at radius 1 is 1.30 bits per heavy atom. The SMILES string of the molecule is CNCCC(=O)N(C1CC1)C1CCc2ccccc21.Cl. The van der Waals surface area contributed by atoms with Gasteiger partial charge in [-0.3, -0.25) is 4.79 Å².